The van der Waals surface area contributed by atoms with Gasteiger partial charge in [-0.2, -0.15) is 13.2 Å². The lowest BCUT2D eigenvalue weighted by Gasteiger charge is -2.15. The van der Waals surface area contributed by atoms with E-state index in [2.05, 4.69) is 19.4 Å². The number of halogens is 6. The van der Waals surface area contributed by atoms with E-state index in [4.69, 9.17) is 4.74 Å². The molecule has 0 bridgehead atoms. The molecule has 1 atom stereocenters. The fourth-order valence-electron chi connectivity index (χ4n) is 2.80. The van der Waals surface area contributed by atoms with Gasteiger partial charge in [-0.05, 0) is 42.5 Å². The number of carbonyl (C=O) groups excluding carboxylic acids is 1. The third kappa shape index (κ3) is 6.87. The quantitative estimate of drug-likeness (QED) is 0.385. The Kier molecular flexibility index (Phi) is 7.48. The number of nitrogens with zero attached hydrogens (tertiary/aromatic N) is 2. The molecule has 36 heavy (non-hydrogen) atoms. The van der Waals surface area contributed by atoms with Crippen LogP contribution in [-0.2, 0) is 15.9 Å². The zero-order valence-corrected chi connectivity index (χ0v) is 19.3. The van der Waals surface area contributed by atoms with Crippen LogP contribution < -0.4 is 14.8 Å². The van der Waals surface area contributed by atoms with Gasteiger partial charge in [-0.25, -0.2) is 8.57 Å². The molecule has 0 saturated carbocycles. The highest BCUT2D eigenvalue weighted by Crippen LogP contribution is 2.34. The zero-order chi connectivity index (χ0) is 26.7. The van der Waals surface area contributed by atoms with Crippen molar-refractivity contribution in [3.05, 3.63) is 72.1 Å². The molecule has 0 aliphatic rings. The Bertz CT molecular complexity index is 1380. The molecular formula is C22H17F6N3O4S. The zero-order valence-electron chi connectivity index (χ0n) is 18.5. The first-order chi connectivity index (χ1) is 16.7. The number of nitrogens with one attached hydrogen (secondary N) is 1. The predicted molar refractivity (Wildman–Crippen MR) is 118 cm³/mol. The number of pyridine rings is 1. The van der Waals surface area contributed by atoms with E-state index in [1.165, 1.54) is 37.6 Å². The van der Waals surface area contributed by atoms with Gasteiger partial charge in [0.05, 0.1) is 9.73 Å². The van der Waals surface area contributed by atoms with Crippen molar-refractivity contribution in [2.24, 2.45) is 4.36 Å². The Morgan fingerprint density at radius 3 is 2.22 bits per heavy atom. The second kappa shape index (κ2) is 10.0. The Morgan fingerprint density at radius 2 is 1.64 bits per heavy atom. The average molecular weight is 533 g/mol. The molecule has 192 valence electrons. The number of carbonyl (C=O) groups is 1. The minimum atomic E-state index is -4.94. The molecule has 0 radical (unpaired) electrons. The van der Waals surface area contributed by atoms with Crippen LogP contribution >= 0.6 is 0 Å². The van der Waals surface area contributed by atoms with E-state index in [1.54, 1.807) is 0 Å². The molecule has 3 aromatic rings. The van der Waals surface area contributed by atoms with Crippen molar-refractivity contribution >= 4 is 21.3 Å². The van der Waals surface area contributed by atoms with Crippen molar-refractivity contribution in [1.82, 2.24) is 4.98 Å². The molecule has 1 heterocycles. The Balaban J connectivity index is 1.93. The normalized spacial score (nSPS) is 13.4. The predicted octanol–water partition coefficient (Wildman–Crippen LogP) is 6.13. The van der Waals surface area contributed by atoms with Crippen LogP contribution in [-0.4, -0.2) is 34.8 Å². The second-order valence-electron chi connectivity index (χ2n) is 7.15. The summed E-state index contributed by atoms with van der Waals surface area (Å²) in [7, 11) is -1.36. The molecule has 1 amide bonds. The van der Waals surface area contributed by atoms with Crippen molar-refractivity contribution in [3.8, 4) is 17.2 Å². The second-order valence-corrected chi connectivity index (χ2v) is 9.59. The van der Waals surface area contributed by atoms with E-state index < -0.39 is 50.9 Å². The monoisotopic (exact) mass is 533 g/mol. The maximum absolute atomic E-state index is 13.2. The topological polar surface area (TPSA) is 89.9 Å². The maximum Gasteiger partial charge on any atom is 0.573 e. The van der Waals surface area contributed by atoms with Crippen LogP contribution in [0.25, 0.3) is 0 Å². The summed E-state index contributed by atoms with van der Waals surface area (Å²) in [5.41, 5.74) is -1.58. The molecule has 14 heteroatoms. The Morgan fingerprint density at radius 1 is 1.00 bits per heavy atom. The van der Waals surface area contributed by atoms with E-state index in [-0.39, 0.29) is 11.4 Å². The van der Waals surface area contributed by atoms with Gasteiger partial charge in [0, 0.05) is 36.1 Å². The lowest BCUT2D eigenvalue weighted by molar-refractivity contribution is -0.274. The number of anilines is 1. The van der Waals surface area contributed by atoms with E-state index in [0.717, 1.165) is 24.3 Å². The van der Waals surface area contributed by atoms with Crippen molar-refractivity contribution < 1.29 is 44.8 Å². The Hall–Kier alpha value is -3.81. The summed E-state index contributed by atoms with van der Waals surface area (Å²) in [5.74, 6) is -2.21. The van der Waals surface area contributed by atoms with Gasteiger partial charge in [-0.3, -0.25) is 9.78 Å². The number of hydrogen-bond donors (Lipinski definition) is 1. The number of benzene rings is 2. The minimum absolute atomic E-state index is 0.171. The number of hydrogen-bond acceptors (Lipinski definition) is 6. The van der Waals surface area contributed by atoms with Crippen molar-refractivity contribution in [1.29, 1.82) is 0 Å². The fourth-order valence-corrected chi connectivity index (χ4v) is 3.68. The largest absolute Gasteiger partial charge is 0.573 e. The lowest BCUT2D eigenvalue weighted by Crippen LogP contribution is -2.17. The number of amides is 1. The molecule has 2 aromatic carbocycles. The molecule has 0 spiro atoms. The molecule has 0 aliphatic carbocycles. The first kappa shape index (κ1) is 26.8. The summed E-state index contributed by atoms with van der Waals surface area (Å²) in [5, 5.41) is 2.46. The molecule has 0 aliphatic heterocycles. The summed E-state index contributed by atoms with van der Waals surface area (Å²) >= 11 is 0. The SMILES string of the molecule is CN=S(C)(=O)c1cccc(NC(=O)c2cnc(C(F)(F)F)cc2Oc2ccc(OC(F)(F)F)cc2)c1. The first-order valence-corrected chi connectivity index (χ1v) is 11.7. The van der Waals surface area contributed by atoms with Gasteiger partial charge in [0.1, 0.15) is 28.5 Å². The lowest BCUT2D eigenvalue weighted by atomic mass is 10.2. The minimum Gasteiger partial charge on any atom is -0.456 e. The van der Waals surface area contributed by atoms with Gasteiger partial charge >= 0.3 is 12.5 Å². The van der Waals surface area contributed by atoms with E-state index in [0.29, 0.717) is 17.2 Å². The standard InChI is InChI=1S/C22H17F6N3O4S/c1-29-36(2,33)16-5-3-4-13(10-16)31-20(32)17-12-30-19(21(23,24)25)11-18(17)34-14-6-8-15(9-7-14)35-22(26,27)28/h3-12H,1-2H3,(H,31,32). The van der Waals surface area contributed by atoms with Gasteiger partial charge in [0.2, 0.25) is 0 Å². The summed E-state index contributed by atoms with van der Waals surface area (Å²) in [6.07, 6.45) is -7.75. The van der Waals surface area contributed by atoms with E-state index in [9.17, 15) is 35.3 Å². The molecule has 3 rings (SSSR count). The number of rotatable bonds is 6. The molecule has 0 saturated heterocycles. The molecule has 7 nitrogen and oxygen atoms in total. The van der Waals surface area contributed by atoms with E-state index in [1.807, 2.05) is 0 Å². The molecular weight excluding hydrogens is 516 g/mol. The van der Waals surface area contributed by atoms with Crippen LogP contribution in [0.15, 0.2) is 70.1 Å². The molecule has 1 unspecified atom stereocenters. The van der Waals surface area contributed by atoms with Crippen molar-refractivity contribution in [2.75, 3.05) is 18.6 Å². The van der Waals surface area contributed by atoms with Crippen LogP contribution in [0.2, 0.25) is 0 Å². The summed E-state index contributed by atoms with van der Waals surface area (Å²) in [4.78, 5) is 16.5. The molecule has 0 fully saturated rings. The highest BCUT2D eigenvalue weighted by atomic mass is 32.2. The van der Waals surface area contributed by atoms with Gasteiger partial charge in [-0.1, -0.05) is 6.07 Å². The van der Waals surface area contributed by atoms with Gasteiger partial charge < -0.3 is 14.8 Å². The summed E-state index contributed by atoms with van der Waals surface area (Å²) in [6.45, 7) is 0. The number of alkyl halides is 6. The van der Waals surface area contributed by atoms with Gasteiger partial charge in [0.25, 0.3) is 5.91 Å². The highest BCUT2D eigenvalue weighted by Gasteiger charge is 2.34. The van der Waals surface area contributed by atoms with Gasteiger partial charge in [0.15, 0.2) is 0 Å². The average Bonchev–Trinajstić information content (AvgIpc) is 2.79. The summed E-state index contributed by atoms with van der Waals surface area (Å²) in [6, 6.07) is 10.2. The fraction of sp³-hybridized carbons (Fsp3) is 0.182. The van der Waals surface area contributed by atoms with Crippen molar-refractivity contribution in [2.45, 2.75) is 17.4 Å². The van der Waals surface area contributed by atoms with Crippen LogP contribution in [0, 0.1) is 0 Å². The molecule has 1 N–H and O–H groups in total. The first-order valence-electron chi connectivity index (χ1n) is 9.80. The van der Waals surface area contributed by atoms with Crippen LogP contribution in [0.1, 0.15) is 16.1 Å². The highest BCUT2D eigenvalue weighted by molar-refractivity contribution is 7.93. The maximum atomic E-state index is 13.2. The number of ether oxygens (including phenoxy) is 2. The summed E-state index contributed by atoms with van der Waals surface area (Å²) < 4.78 is 102. The Labute approximate surface area is 201 Å². The van der Waals surface area contributed by atoms with Crippen molar-refractivity contribution in [3.63, 3.8) is 0 Å². The smallest absolute Gasteiger partial charge is 0.456 e. The third-order valence-corrected chi connectivity index (χ3v) is 6.39. The van der Waals surface area contributed by atoms with Crippen LogP contribution in [0.5, 0.6) is 17.2 Å². The van der Waals surface area contributed by atoms with Crippen LogP contribution in [0.4, 0.5) is 32.0 Å². The van der Waals surface area contributed by atoms with Gasteiger partial charge in [-0.15, -0.1) is 13.2 Å². The third-order valence-electron chi connectivity index (χ3n) is 4.56. The number of aromatic nitrogens is 1. The molecule has 1 aromatic heterocycles. The van der Waals surface area contributed by atoms with Crippen LogP contribution in [0.3, 0.4) is 0 Å². The van der Waals surface area contributed by atoms with E-state index >= 15 is 0 Å².